The van der Waals surface area contributed by atoms with Gasteiger partial charge in [-0.25, -0.2) is 4.98 Å². The molecule has 2 heterocycles. The first kappa shape index (κ1) is 15.5. The first-order valence-corrected chi connectivity index (χ1v) is 7.06. The third-order valence-corrected chi connectivity index (χ3v) is 4.45. The first-order valence-electron chi connectivity index (χ1n) is 6.68. The van der Waals surface area contributed by atoms with E-state index in [1.807, 2.05) is 11.8 Å². The fourth-order valence-corrected chi connectivity index (χ4v) is 2.90. The van der Waals surface area contributed by atoms with Crippen LogP contribution in [0, 0.1) is 15.5 Å². The van der Waals surface area contributed by atoms with Crippen molar-refractivity contribution in [3.05, 3.63) is 27.4 Å². The number of nitro groups is 1. The van der Waals surface area contributed by atoms with E-state index in [2.05, 4.69) is 4.98 Å². The summed E-state index contributed by atoms with van der Waals surface area (Å²) in [4.78, 5) is 27.4. The molecule has 1 aromatic heterocycles. The average Bonchev–Trinajstić information content (AvgIpc) is 2.47. The maximum atomic E-state index is 11.4. The third-order valence-electron chi connectivity index (χ3n) is 4.17. The monoisotopic (exact) mass is 313 g/mol. The van der Waals surface area contributed by atoms with Crippen LogP contribution in [0.2, 0.25) is 5.02 Å². The summed E-state index contributed by atoms with van der Waals surface area (Å²) in [5, 5.41) is 20.2. The number of pyridine rings is 1. The Labute approximate surface area is 126 Å². The smallest absolute Gasteiger partial charge is 0.309 e. The molecule has 0 atom stereocenters. The summed E-state index contributed by atoms with van der Waals surface area (Å²) in [6.07, 6.45) is 2.76. The zero-order chi connectivity index (χ0) is 15.6. The van der Waals surface area contributed by atoms with Crippen LogP contribution in [0.4, 0.5) is 11.5 Å². The SMILES string of the molecule is CCC1(C(=O)O)CCN(c2ncc([N+](=O)[O-])cc2Cl)CC1. The van der Waals surface area contributed by atoms with Crippen molar-refractivity contribution in [3.63, 3.8) is 0 Å². The molecule has 7 nitrogen and oxygen atoms in total. The minimum atomic E-state index is -0.771. The summed E-state index contributed by atoms with van der Waals surface area (Å²) in [6.45, 7) is 2.91. The molecule has 1 aliphatic rings. The molecule has 1 aliphatic heterocycles. The molecule has 1 aromatic rings. The lowest BCUT2D eigenvalue weighted by molar-refractivity contribution is -0.385. The Balaban J connectivity index is 2.16. The first-order chi connectivity index (χ1) is 9.89. The van der Waals surface area contributed by atoms with Gasteiger partial charge >= 0.3 is 5.97 Å². The molecule has 21 heavy (non-hydrogen) atoms. The number of aromatic nitrogens is 1. The summed E-state index contributed by atoms with van der Waals surface area (Å²) in [5.41, 5.74) is -0.849. The molecule has 0 aromatic carbocycles. The van der Waals surface area contributed by atoms with E-state index in [4.69, 9.17) is 11.6 Å². The maximum Gasteiger partial charge on any atom is 0.309 e. The van der Waals surface area contributed by atoms with Gasteiger partial charge in [-0.2, -0.15) is 0 Å². The Morgan fingerprint density at radius 2 is 2.19 bits per heavy atom. The van der Waals surface area contributed by atoms with Crippen molar-refractivity contribution in [3.8, 4) is 0 Å². The number of hydrogen-bond acceptors (Lipinski definition) is 5. The highest BCUT2D eigenvalue weighted by molar-refractivity contribution is 6.33. The molecule has 0 amide bonds. The molecule has 8 heteroatoms. The average molecular weight is 314 g/mol. The number of anilines is 1. The highest BCUT2D eigenvalue weighted by atomic mass is 35.5. The Morgan fingerprint density at radius 3 is 2.62 bits per heavy atom. The van der Waals surface area contributed by atoms with Crippen molar-refractivity contribution in [2.24, 2.45) is 5.41 Å². The molecule has 0 spiro atoms. The number of nitrogens with zero attached hydrogens (tertiary/aromatic N) is 3. The lowest BCUT2D eigenvalue weighted by Crippen LogP contribution is -2.44. The lowest BCUT2D eigenvalue weighted by atomic mass is 9.76. The molecule has 2 rings (SSSR count). The van der Waals surface area contributed by atoms with Crippen LogP contribution in [0.25, 0.3) is 0 Å². The second-order valence-electron chi connectivity index (χ2n) is 5.18. The molecular weight excluding hydrogens is 298 g/mol. The standard InChI is InChI=1S/C13H16ClN3O4/c1-2-13(12(18)19)3-5-16(6-4-13)11-10(14)7-9(8-15-11)17(20)21/h7-8H,2-6H2,1H3,(H,18,19). The van der Waals surface area contributed by atoms with Gasteiger partial charge in [0.25, 0.3) is 5.69 Å². The molecular formula is C13H16ClN3O4. The van der Waals surface area contributed by atoms with E-state index in [1.54, 1.807) is 0 Å². The number of piperidine rings is 1. The molecule has 1 saturated heterocycles. The van der Waals surface area contributed by atoms with Gasteiger partial charge in [-0.1, -0.05) is 18.5 Å². The van der Waals surface area contributed by atoms with Gasteiger partial charge < -0.3 is 10.0 Å². The highest BCUT2D eigenvalue weighted by Gasteiger charge is 2.40. The van der Waals surface area contributed by atoms with Gasteiger partial charge in [0.2, 0.25) is 0 Å². The Hall–Kier alpha value is -1.89. The van der Waals surface area contributed by atoms with Crippen molar-refractivity contribution in [2.45, 2.75) is 26.2 Å². The van der Waals surface area contributed by atoms with Crippen molar-refractivity contribution in [1.82, 2.24) is 4.98 Å². The summed E-state index contributed by atoms with van der Waals surface area (Å²) in [6, 6.07) is 1.27. The van der Waals surface area contributed by atoms with E-state index in [9.17, 15) is 20.0 Å². The van der Waals surface area contributed by atoms with Gasteiger partial charge in [-0.3, -0.25) is 14.9 Å². The highest BCUT2D eigenvalue weighted by Crippen LogP contribution is 2.38. The van der Waals surface area contributed by atoms with Crippen LogP contribution in [0.15, 0.2) is 12.3 Å². The van der Waals surface area contributed by atoms with E-state index in [1.165, 1.54) is 12.3 Å². The number of aliphatic carboxylic acids is 1. The Morgan fingerprint density at radius 1 is 1.57 bits per heavy atom. The minimum absolute atomic E-state index is 0.158. The van der Waals surface area contributed by atoms with E-state index in [0.29, 0.717) is 38.2 Å². The molecule has 1 fully saturated rings. The summed E-state index contributed by atoms with van der Waals surface area (Å²) in [5.74, 6) is -0.301. The van der Waals surface area contributed by atoms with Crippen LogP contribution >= 0.6 is 11.6 Å². The fourth-order valence-electron chi connectivity index (χ4n) is 2.62. The second kappa shape index (κ2) is 5.85. The van der Waals surface area contributed by atoms with Crippen LogP contribution < -0.4 is 4.90 Å². The van der Waals surface area contributed by atoms with Crippen LogP contribution in [0.3, 0.4) is 0 Å². The predicted octanol–water partition coefficient (Wildman–Crippen LogP) is 2.72. The number of carboxylic acids is 1. The van der Waals surface area contributed by atoms with Gasteiger partial charge in [0.1, 0.15) is 12.0 Å². The number of rotatable bonds is 4. The zero-order valence-electron chi connectivity index (χ0n) is 11.6. The molecule has 0 radical (unpaired) electrons. The van der Waals surface area contributed by atoms with E-state index < -0.39 is 16.3 Å². The van der Waals surface area contributed by atoms with E-state index in [-0.39, 0.29) is 10.7 Å². The third kappa shape index (κ3) is 2.92. The van der Waals surface area contributed by atoms with E-state index in [0.717, 1.165) is 0 Å². The van der Waals surface area contributed by atoms with Gasteiger partial charge in [0.05, 0.1) is 15.4 Å². The zero-order valence-corrected chi connectivity index (χ0v) is 12.3. The predicted molar refractivity (Wildman–Crippen MR) is 77.7 cm³/mol. The molecule has 1 N–H and O–H groups in total. The molecule has 0 aliphatic carbocycles. The number of halogens is 1. The fraction of sp³-hybridized carbons (Fsp3) is 0.538. The Kier molecular flexibility index (Phi) is 4.32. The number of carboxylic acid groups (broad SMARTS) is 1. The van der Waals surface area contributed by atoms with Gasteiger partial charge in [-0.05, 0) is 19.3 Å². The summed E-state index contributed by atoms with van der Waals surface area (Å²) in [7, 11) is 0. The van der Waals surface area contributed by atoms with Gasteiger partial charge in [0.15, 0.2) is 0 Å². The van der Waals surface area contributed by atoms with Crippen LogP contribution in [0.1, 0.15) is 26.2 Å². The number of carbonyl (C=O) groups is 1. The summed E-state index contributed by atoms with van der Waals surface area (Å²) < 4.78 is 0. The number of hydrogen-bond donors (Lipinski definition) is 1. The topological polar surface area (TPSA) is 96.6 Å². The van der Waals surface area contributed by atoms with Crippen molar-refractivity contribution in [2.75, 3.05) is 18.0 Å². The van der Waals surface area contributed by atoms with Crippen LogP contribution in [0.5, 0.6) is 0 Å². The lowest BCUT2D eigenvalue weighted by Gasteiger charge is -2.39. The summed E-state index contributed by atoms with van der Waals surface area (Å²) >= 11 is 6.05. The molecule has 114 valence electrons. The molecule has 0 bridgehead atoms. The quantitative estimate of drug-likeness (QED) is 0.678. The second-order valence-corrected chi connectivity index (χ2v) is 5.59. The van der Waals surface area contributed by atoms with Crippen molar-refractivity contribution in [1.29, 1.82) is 0 Å². The van der Waals surface area contributed by atoms with Gasteiger partial charge in [-0.15, -0.1) is 0 Å². The van der Waals surface area contributed by atoms with Crippen molar-refractivity contribution >= 4 is 29.1 Å². The molecule has 0 unspecified atom stereocenters. The van der Waals surface area contributed by atoms with Gasteiger partial charge in [0, 0.05) is 19.2 Å². The Bertz CT molecular complexity index is 571. The van der Waals surface area contributed by atoms with E-state index >= 15 is 0 Å². The van der Waals surface area contributed by atoms with Crippen LogP contribution in [-0.4, -0.2) is 34.1 Å². The largest absolute Gasteiger partial charge is 0.481 e. The molecule has 0 saturated carbocycles. The van der Waals surface area contributed by atoms with Crippen LogP contribution in [-0.2, 0) is 4.79 Å². The van der Waals surface area contributed by atoms with Crippen molar-refractivity contribution < 1.29 is 14.8 Å². The normalized spacial score (nSPS) is 17.5. The maximum absolute atomic E-state index is 11.4. The minimum Gasteiger partial charge on any atom is -0.481 e.